The zero-order valence-electron chi connectivity index (χ0n) is 11.7. The molecule has 0 amide bonds. The van der Waals surface area contributed by atoms with Crippen molar-refractivity contribution < 1.29 is 9.90 Å². The number of aromatic carboxylic acids is 1. The van der Waals surface area contributed by atoms with Gasteiger partial charge in [-0.1, -0.05) is 6.92 Å². The van der Waals surface area contributed by atoms with Crippen LogP contribution in [0.4, 0.5) is 0 Å². The first-order chi connectivity index (χ1) is 10.7. The number of carbonyl (C=O) groups is 1. The minimum atomic E-state index is -1.09. The molecule has 0 fully saturated rings. The van der Waals surface area contributed by atoms with Gasteiger partial charge < -0.3 is 5.11 Å². The van der Waals surface area contributed by atoms with Gasteiger partial charge in [0.25, 0.3) is 0 Å². The van der Waals surface area contributed by atoms with E-state index in [1.54, 1.807) is 29.2 Å². The molecule has 0 aliphatic heterocycles. The third-order valence-corrected chi connectivity index (χ3v) is 2.99. The summed E-state index contributed by atoms with van der Waals surface area (Å²) in [6.07, 6.45) is 8.24. The van der Waals surface area contributed by atoms with Crippen molar-refractivity contribution in [3.8, 4) is 17.3 Å². The van der Waals surface area contributed by atoms with Crippen LogP contribution in [0.15, 0.2) is 37.2 Å². The monoisotopic (exact) mass is 296 g/mol. The molecule has 22 heavy (non-hydrogen) atoms. The number of carboxylic acids is 1. The number of nitrogens with zero attached hydrogens (tertiary/aromatic N) is 6. The third-order valence-electron chi connectivity index (χ3n) is 2.99. The van der Waals surface area contributed by atoms with Crippen LogP contribution in [0.1, 0.15) is 23.1 Å². The minimum Gasteiger partial charge on any atom is -0.476 e. The molecule has 3 rings (SSSR count). The SMILES string of the molecule is CCc1cc(-n2cnc(C(=O)O)c2)nc(-c2cnccn2)n1. The van der Waals surface area contributed by atoms with Crippen LogP contribution in [0, 0.1) is 0 Å². The molecule has 110 valence electrons. The Morgan fingerprint density at radius 1 is 1.27 bits per heavy atom. The second-order valence-electron chi connectivity index (χ2n) is 4.46. The Labute approximate surface area is 125 Å². The predicted octanol–water partition coefficient (Wildman–Crippen LogP) is 1.38. The molecule has 8 heteroatoms. The first-order valence-electron chi connectivity index (χ1n) is 6.59. The lowest BCUT2D eigenvalue weighted by Gasteiger charge is -2.06. The number of aromatic nitrogens is 6. The van der Waals surface area contributed by atoms with E-state index >= 15 is 0 Å². The maximum absolute atomic E-state index is 10.9. The average molecular weight is 296 g/mol. The van der Waals surface area contributed by atoms with Crippen LogP contribution in [0.3, 0.4) is 0 Å². The van der Waals surface area contributed by atoms with E-state index in [0.717, 1.165) is 5.69 Å². The third kappa shape index (κ3) is 2.66. The van der Waals surface area contributed by atoms with Crippen molar-refractivity contribution in [3.05, 3.63) is 48.6 Å². The van der Waals surface area contributed by atoms with Gasteiger partial charge in [-0.15, -0.1) is 0 Å². The first-order valence-corrected chi connectivity index (χ1v) is 6.59. The van der Waals surface area contributed by atoms with Crippen molar-refractivity contribution in [1.82, 2.24) is 29.5 Å². The second-order valence-corrected chi connectivity index (χ2v) is 4.46. The van der Waals surface area contributed by atoms with Gasteiger partial charge >= 0.3 is 5.97 Å². The molecule has 0 saturated carbocycles. The quantitative estimate of drug-likeness (QED) is 0.775. The molecule has 0 radical (unpaired) electrons. The fraction of sp³-hybridized carbons (Fsp3) is 0.143. The molecule has 3 aromatic heterocycles. The van der Waals surface area contributed by atoms with Gasteiger partial charge in [-0.05, 0) is 6.42 Å². The highest BCUT2D eigenvalue weighted by Crippen LogP contribution is 2.15. The molecule has 0 atom stereocenters. The Balaban J connectivity index is 2.09. The van der Waals surface area contributed by atoms with E-state index in [9.17, 15) is 4.79 Å². The van der Waals surface area contributed by atoms with Gasteiger partial charge in [0.1, 0.15) is 17.8 Å². The summed E-state index contributed by atoms with van der Waals surface area (Å²) < 4.78 is 1.55. The standard InChI is InChI=1S/C14H12N6O2/c1-2-9-5-12(20-7-11(14(21)22)17-8-20)19-13(18-9)10-6-15-3-4-16-10/h3-8H,2H2,1H3,(H,21,22). The molecular weight excluding hydrogens is 284 g/mol. The molecule has 0 spiro atoms. The fourth-order valence-electron chi connectivity index (χ4n) is 1.88. The van der Waals surface area contributed by atoms with Crippen molar-refractivity contribution in [2.45, 2.75) is 13.3 Å². The van der Waals surface area contributed by atoms with Crippen molar-refractivity contribution in [2.75, 3.05) is 0 Å². The molecule has 0 unspecified atom stereocenters. The molecule has 0 aliphatic rings. The van der Waals surface area contributed by atoms with Crippen LogP contribution in [-0.2, 0) is 6.42 Å². The number of aryl methyl sites for hydroxylation is 1. The van der Waals surface area contributed by atoms with Crippen molar-refractivity contribution in [2.24, 2.45) is 0 Å². The van der Waals surface area contributed by atoms with Gasteiger partial charge in [0.15, 0.2) is 11.5 Å². The van der Waals surface area contributed by atoms with Crippen molar-refractivity contribution in [1.29, 1.82) is 0 Å². The highest BCUT2D eigenvalue weighted by molar-refractivity contribution is 5.85. The molecule has 3 aromatic rings. The maximum Gasteiger partial charge on any atom is 0.356 e. The Hall–Kier alpha value is -3.16. The Bertz CT molecular complexity index is 815. The van der Waals surface area contributed by atoms with Gasteiger partial charge in [-0.2, -0.15) is 0 Å². The smallest absolute Gasteiger partial charge is 0.356 e. The van der Waals surface area contributed by atoms with Crippen LogP contribution < -0.4 is 0 Å². The summed E-state index contributed by atoms with van der Waals surface area (Å²) in [6.45, 7) is 1.98. The van der Waals surface area contributed by atoms with Crippen LogP contribution in [0.5, 0.6) is 0 Å². The Morgan fingerprint density at radius 2 is 2.14 bits per heavy atom. The topological polar surface area (TPSA) is 107 Å². The lowest BCUT2D eigenvalue weighted by molar-refractivity contribution is 0.0691. The number of hydrogen-bond acceptors (Lipinski definition) is 6. The van der Waals surface area contributed by atoms with E-state index in [4.69, 9.17) is 5.11 Å². The molecular formula is C14H12N6O2. The van der Waals surface area contributed by atoms with E-state index in [0.29, 0.717) is 23.8 Å². The molecule has 8 nitrogen and oxygen atoms in total. The van der Waals surface area contributed by atoms with E-state index in [2.05, 4.69) is 24.9 Å². The van der Waals surface area contributed by atoms with Gasteiger partial charge in [0.2, 0.25) is 0 Å². The van der Waals surface area contributed by atoms with Gasteiger partial charge in [-0.3, -0.25) is 9.55 Å². The van der Waals surface area contributed by atoms with Gasteiger partial charge in [0, 0.05) is 30.4 Å². The normalized spacial score (nSPS) is 10.6. The summed E-state index contributed by atoms with van der Waals surface area (Å²) in [5.41, 5.74) is 1.33. The Kier molecular flexibility index (Phi) is 3.57. The van der Waals surface area contributed by atoms with Gasteiger partial charge in [-0.25, -0.2) is 24.7 Å². The molecule has 0 saturated heterocycles. The highest BCUT2D eigenvalue weighted by Gasteiger charge is 2.12. The number of hydrogen-bond donors (Lipinski definition) is 1. The maximum atomic E-state index is 10.9. The Morgan fingerprint density at radius 3 is 2.77 bits per heavy atom. The summed E-state index contributed by atoms with van der Waals surface area (Å²) in [5.74, 6) is -0.113. The van der Waals surface area contributed by atoms with E-state index in [-0.39, 0.29) is 5.69 Å². The van der Waals surface area contributed by atoms with Crippen molar-refractivity contribution >= 4 is 5.97 Å². The first kappa shape index (κ1) is 13.8. The fourth-order valence-corrected chi connectivity index (χ4v) is 1.88. The minimum absolute atomic E-state index is 0.0438. The summed E-state index contributed by atoms with van der Waals surface area (Å²) in [5, 5.41) is 8.95. The molecule has 0 bridgehead atoms. The number of rotatable bonds is 4. The second kappa shape index (κ2) is 5.68. The molecule has 0 aromatic carbocycles. The van der Waals surface area contributed by atoms with E-state index in [1.165, 1.54) is 12.5 Å². The van der Waals surface area contributed by atoms with Crippen molar-refractivity contribution in [3.63, 3.8) is 0 Å². The number of imidazole rings is 1. The lowest BCUT2D eigenvalue weighted by Crippen LogP contribution is -2.03. The highest BCUT2D eigenvalue weighted by atomic mass is 16.4. The van der Waals surface area contributed by atoms with Crippen LogP contribution in [0.25, 0.3) is 17.3 Å². The van der Waals surface area contributed by atoms with E-state index in [1.807, 2.05) is 6.92 Å². The molecule has 0 aliphatic carbocycles. The average Bonchev–Trinajstić information content (AvgIpc) is 3.05. The summed E-state index contributed by atoms with van der Waals surface area (Å²) in [6, 6.07) is 1.78. The van der Waals surface area contributed by atoms with Gasteiger partial charge in [0.05, 0.1) is 6.20 Å². The zero-order chi connectivity index (χ0) is 15.5. The van der Waals surface area contributed by atoms with Crippen LogP contribution in [0.2, 0.25) is 0 Å². The molecule has 3 heterocycles. The lowest BCUT2D eigenvalue weighted by atomic mass is 10.3. The summed E-state index contributed by atoms with van der Waals surface area (Å²) >= 11 is 0. The summed E-state index contributed by atoms with van der Waals surface area (Å²) in [4.78, 5) is 31.8. The summed E-state index contributed by atoms with van der Waals surface area (Å²) in [7, 11) is 0. The van der Waals surface area contributed by atoms with E-state index < -0.39 is 5.97 Å². The zero-order valence-corrected chi connectivity index (χ0v) is 11.7. The molecule has 1 N–H and O–H groups in total. The van der Waals surface area contributed by atoms with Crippen LogP contribution in [-0.4, -0.2) is 40.6 Å². The largest absolute Gasteiger partial charge is 0.476 e. The number of carboxylic acid groups (broad SMARTS) is 1. The van der Waals surface area contributed by atoms with Crippen LogP contribution >= 0.6 is 0 Å². The predicted molar refractivity (Wildman–Crippen MR) is 76.5 cm³/mol.